The highest BCUT2D eigenvalue weighted by atomic mass is 16.6. The van der Waals surface area contributed by atoms with Gasteiger partial charge >= 0.3 is 12.2 Å². The van der Waals surface area contributed by atoms with Gasteiger partial charge in [-0.3, -0.25) is 0 Å². The highest BCUT2D eigenvalue weighted by Gasteiger charge is 2.21. The molecule has 7 nitrogen and oxygen atoms in total. The summed E-state index contributed by atoms with van der Waals surface area (Å²) in [5, 5.41) is 5.38. The molecule has 7 heteroatoms. The van der Waals surface area contributed by atoms with Crippen LogP contribution in [0.25, 0.3) is 0 Å². The number of carbonyl (C=O) groups excluding carboxylic acids is 2. The van der Waals surface area contributed by atoms with Crippen LogP contribution in [0.1, 0.15) is 54.4 Å². The predicted octanol–water partition coefficient (Wildman–Crippen LogP) is 2.14. The summed E-state index contributed by atoms with van der Waals surface area (Å²) < 4.78 is 10.4. The first-order valence-corrected chi connectivity index (χ1v) is 7.59. The van der Waals surface area contributed by atoms with Crippen molar-refractivity contribution in [2.24, 2.45) is 5.73 Å². The fourth-order valence-electron chi connectivity index (χ4n) is 1.58. The predicted molar refractivity (Wildman–Crippen MR) is 85.7 cm³/mol. The van der Waals surface area contributed by atoms with Gasteiger partial charge in [0.25, 0.3) is 0 Å². The van der Waals surface area contributed by atoms with Crippen LogP contribution in [0.4, 0.5) is 9.59 Å². The third-order valence-electron chi connectivity index (χ3n) is 2.37. The van der Waals surface area contributed by atoms with Gasteiger partial charge in [0.05, 0.1) is 0 Å². The van der Waals surface area contributed by atoms with E-state index in [-0.39, 0.29) is 12.6 Å². The Bertz CT molecular complexity index is 359. The van der Waals surface area contributed by atoms with Crippen molar-refractivity contribution in [2.45, 2.75) is 71.6 Å². The van der Waals surface area contributed by atoms with E-state index in [4.69, 9.17) is 15.2 Å². The summed E-state index contributed by atoms with van der Waals surface area (Å²) >= 11 is 0. The van der Waals surface area contributed by atoms with Crippen LogP contribution in [0.3, 0.4) is 0 Å². The quantitative estimate of drug-likeness (QED) is 0.696. The number of rotatable bonds is 6. The fourth-order valence-corrected chi connectivity index (χ4v) is 1.58. The number of nitrogens with one attached hydrogen (secondary N) is 2. The van der Waals surface area contributed by atoms with E-state index in [9.17, 15) is 9.59 Å². The van der Waals surface area contributed by atoms with E-state index < -0.39 is 23.4 Å². The van der Waals surface area contributed by atoms with E-state index in [0.717, 1.165) is 6.42 Å². The number of nitrogens with two attached hydrogens (primary N) is 1. The lowest BCUT2D eigenvalue weighted by atomic mass is 10.1. The fraction of sp³-hybridized carbons (Fsp3) is 0.867. The Labute approximate surface area is 133 Å². The van der Waals surface area contributed by atoms with Gasteiger partial charge < -0.3 is 25.8 Å². The minimum Gasteiger partial charge on any atom is -0.444 e. The molecule has 0 radical (unpaired) electrons. The zero-order valence-electron chi connectivity index (χ0n) is 14.6. The summed E-state index contributed by atoms with van der Waals surface area (Å²) in [5.41, 5.74) is 4.36. The van der Waals surface area contributed by atoms with E-state index in [1.165, 1.54) is 0 Å². The third-order valence-corrected chi connectivity index (χ3v) is 2.37. The largest absolute Gasteiger partial charge is 0.444 e. The van der Waals surface area contributed by atoms with E-state index in [2.05, 4.69) is 10.6 Å². The minimum absolute atomic E-state index is 0.258. The summed E-state index contributed by atoms with van der Waals surface area (Å²) in [4.78, 5) is 23.4. The first-order chi connectivity index (χ1) is 9.93. The van der Waals surface area contributed by atoms with E-state index in [1.54, 1.807) is 41.5 Å². The second kappa shape index (κ2) is 8.82. The topological polar surface area (TPSA) is 103 Å². The first-order valence-electron chi connectivity index (χ1n) is 7.59. The summed E-state index contributed by atoms with van der Waals surface area (Å²) in [6.07, 6.45) is 0.346. The molecular formula is C15H31N3O4. The van der Waals surface area contributed by atoms with Crippen molar-refractivity contribution in [1.29, 1.82) is 0 Å². The van der Waals surface area contributed by atoms with Crippen molar-refractivity contribution < 1.29 is 19.1 Å². The van der Waals surface area contributed by atoms with Crippen LogP contribution in [-0.2, 0) is 9.47 Å². The van der Waals surface area contributed by atoms with Crippen LogP contribution in [0.15, 0.2) is 0 Å². The second-order valence-corrected chi connectivity index (χ2v) is 7.16. The van der Waals surface area contributed by atoms with Crippen LogP contribution in [-0.4, -0.2) is 42.5 Å². The van der Waals surface area contributed by atoms with Crippen LogP contribution < -0.4 is 16.4 Å². The van der Waals surface area contributed by atoms with Crippen molar-refractivity contribution in [3.8, 4) is 0 Å². The molecule has 0 aliphatic rings. The Morgan fingerprint density at radius 3 is 1.95 bits per heavy atom. The van der Waals surface area contributed by atoms with Crippen molar-refractivity contribution in [2.75, 3.05) is 13.1 Å². The Kier molecular flexibility index (Phi) is 8.22. The molecule has 2 amide bonds. The lowest BCUT2D eigenvalue weighted by Crippen LogP contribution is -2.46. The van der Waals surface area contributed by atoms with E-state index in [1.807, 2.05) is 0 Å². The zero-order valence-corrected chi connectivity index (χ0v) is 14.6. The van der Waals surface area contributed by atoms with Crippen LogP contribution in [0.2, 0.25) is 0 Å². The van der Waals surface area contributed by atoms with Gasteiger partial charge in [-0.15, -0.1) is 0 Å². The minimum atomic E-state index is -0.568. The molecule has 0 saturated carbocycles. The van der Waals surface area contributed by atoms with Gasteiger partial charge in [-0.25, -0.2) is 9.59 Å². The van der Waals surface area contributed by atoms with Gasteiger partial charge in [-0.2, -0.15) is 0 Å². The second-order valence-electron chi connectivity index (χ2n) is 7.16. The molecule has 0 aliphatic carbocycles. The van der Waals surface area contributed by atoms with Gasteiger partial charge in [0.15, 0.2) is 0 Å². The summed E-state index contributed by atoms with van der Waals surface area (Å²) in [6, 6.07) is -0.258. The molecule has 0 unspecified atom stereocenters. The maximum atomic E-state index is 11.8. The van der Waals surface area contributed by atoms with Crippen molar-refractivity contribution in [3.05, 3.63) is 0 Å². The number of hydrogen-bond donors (Lipinski definition) is 3. The SMILES string of the molecule is CC(C)(C)OC(=O)NC[C@@H](CCCN)NC(=O)OC(C)(C)C. The Balaban J connectivity index is 4.39. The molecule has 0 saturated heterocycles. The highest BCUT2D eigenvalue weighted by Crippen LogP contribution is 2.08. The molecule has 0 aromatic rings. The molecular weight excluding hydrogens is 286 g/mol. The van der Waals surface area contributed by atoms with Gasteiger partial charge in [0.2, 0.25) is 0 Å². The van der Waals surface area contributed by atoms with E-state index >= 15 is 0 Å². The summed E-state index contributed by atoms with van der Waals surface area (Å²) in [7, 11) is 0. The van der Waals surface area contributed by atoms with Crippen LogP contribution in [0.5, 0.6) is 0 Å². The molecule has 1 atom stereocenters. The number of amides is 2. The molecule has 130 valence electrons. The Morgan fingerprint density at radius 1 is 1.00 bits per heavy atom. The van der Waals surface area contributed by atoms with Gasteiger partial charge in [-0.05, 0) is 60.9 Å². The van der Waals surface area contributed by atoms with Crippen LogP contribution >= 0.6 is 0 Å². The lowest BCUT2D eigenvalue weighted by molar-refractivity contribution is 0.0460. The number of alkyl carbamates (subject to hydrolysis) is 2. The van der Waals surface area contributed by atoms with Crippen molar-refractivity contribution >= 4 is 12.2 Å². The monoisotopic (exact) mass is 317 g/mol. The normalized spacial score (nSPS) is 13.2. The molecule has 0 spiro atoms. The zero-order chi connectivity index (χ0) is 17.4. The third kappa shape index (κ3) is 12.3. The van der Waals surface area contributed by atoms with Gasteiger partial charge in [0.1, 0.15) is 11.2 Å². The molecule has 0 rings (SSSR count). The Morgan fingerprint density at radius 2 is 1.50 bits per heavy atom. The Hall–Kier alpha value is -1.50. The molecule has 0 aliphatic heterocycles. The van der Waals surface area contributed by atoms with Gasteiger partial charge in [-0.1, -0.05) is 0 Å². The van der Waals surface area contributed by atoms with Crippen molar-refractivity contribution in [3.63, 3.8) is 0 Å². The van der Waals surface area contributed by atoms with Gasteiger partial charge in [0, 0.05) is 12.6 Å². The smallest absolute Gasteiger partial charge is 0.407 e. The highest BCUT2D eigenvalue weighted by molar-refractivity contribution is 5.69. The standard InChI is InChI=1S/C15H31N3O4/c1-14(2,3)21-12(19)17-10-11(8-7-9-16)18-13(20)22-15(4,5)6/h11H,7-10,16H2,1-6H3,(H,17,19)(H,18,20)/t11-/m1/s1. The maximum Gasteiger partial charge on any atom is 0.407 e. The maximum absolute atomic E-state index is 11.8. The summed E-state index contributed by atoms with van der Waals surface area (Å²) in [5.74, 6) is 0. The molecule has 0 aromatic heterocycles. The van der Waals surface area contributed by atoms with Crippen molar-refractivity contribution in [1.82, 2.24) is 10.6 Å². The lowest BCUT2D eigenvalue weighted by Gasteiger charge is -2.25. The van der Waals surface area contributed by atoms with E-state index in [0.29, 0.717) is 13.0 Å². The molecule has 0 fully saturated rings. The van der Waals surface area contributed by atoms with Crippen LogP contribution in [0, 0.1) is 0 Å². The molecule has 0 bridgehead atoms. The molecule has 0 aromatic carbocycles. The first kappa shape index (κ1) is 20.5. The summed E-state index contributed by atoms with van der Waals surface area (Å²) in [6.45, 7) is 11.5. The molecule has 22 heavy (non-hydrogen) atoms. The molecule has 0 heterocycles. The number of ether oxygens (including phenoxy) is 2. The average molecular weight is 317 g/mol. The average Bonchev–Trinajstić information content (AvgIpc) is 2.28. The molecule has 4 N–H and O–H groups in total. The number of carbonyl (C=O) groups is 2. The number of hydrogen-bond acceptors (Lipinski definition) is 5.